The molecule has 1 unspecified atom stereocenters. The smallest absolute Gasteiger partial charge is 0.223 e. The van der Waals surface area contributed by atoms with Crippen LogP contribution in [-0.4, -0.2) is 44.7 Å². The molecule has 4 atom stereocenters. The SMILES string of the molecule is Nc1nccc(C(=O)CCC(=O)N2[C@@H]3CC[C@H]2CC([C@H](N)Cc2cc(F)c(F)cc2F)C3)n1. The zero-order chi connectivity index (χ0) is 23.7. The summed E-state index contributed by atoms with van der Waals surface area (Å²) >= 11 is 0. The van der Waals surface area contributed by atoms with Crippen molar-refractivity contribution < 1.29 is 22.8 Å². The zero-order valence-corrected chi connectivity index (χ0v) is 18.0. The molecule has 176 valence electrons. The molecule has 33 heavy (non-hydrogen) atoms. The number of anilines is 1. The molecule has 7 nitrogen and oxygen atoms in total. The van der Waals surface area contributed by atoms with E-state index in [4.69, 9.17) is 11.5 Å². The van der Waals surface area contributed by atoms with Crippen LogP contribution in [0.25, 0.3) is 0 Å². The number of nitrogen functional groups attached to an aromatic ring is 1. The molecule has 0 radical (unpaired) electrons. The average molecular weight is 461 g/mol. The van der Waals surface area contributed by atoms with E-state index in [1.54, 1.807) is 0 Å². The molecule has 4 N–H and O–H groups in total. The van der Waals surface area contributed by atoms with Crippen LogP contribution in [0.3, 0.4) is 0 Å². The number of rotatable bonds is 7. The van der Waals surface area contributed by atoms with Gasteiger partial charge in [0.25, 0.3) is 0 Å². The van der Waals surface area contributed by atoms with Crippen LogP contribution in [-0.2, 0) is 11.2 Å². The van der Waals surface area contributed by atoms with Crippen LogP contribution in [0.2, 0.25) is 0 Å². The Labute approximate surface area is 189 Å². The number of amides is 1. The first-order valence-electron chi connectivity index (χ1n) is 11.0. The Morgan fingerprint density at radius 3 is 2.39 bits per heavy atom. The van der Waals surface area contributed by atoms with Gasteiger partial charge < -0.3 is 16.4 Å². The Hall–Kier alpha value is -3.01. The molecule has 0 aliphatic carbocycles. The number of hydrogen-bond acceptors (Lipinski definition) is 6. The Kier molecular flexibility index (Phi) is 6.64. The summed E-state index contributed by atoms with van der Waals surface area (Å²) in [6.45, 7) is 0. The quantitative estimate of drug-likeness (QED) is 0.484. The lowest BCUT2D eigenvalue weighted by Gasteiger charge is -2.41. The highest BCUT2D eigenvalue weighted by Crippen LogP contribution is 2.40. The molecular formula is C23H26F3N5O2. The third kappa shape index (κ3) is 5.00. The number of ketones is 1. The molecule has 1 aromatic carbocycles. The van der Waals surface area contributed by atoms with Crippen LogP contribution in [0.5, 0.6) is 0 Å². The Bertz CT molecular complexity index is 1050. The number of Topliss-reactive ketones (excluding diaryl/α,β-unsaturated/α-hetero) is 1. The normalized spacial score (nSPS) is 22.9. The minimum Gasteiger partial charge on any atom is -0.368 e. The molecule has 2 fully saturated rings. The molecule has 1 aromatic heterocycles. The number of nitrogens with zero attached hydrogens (tertiary/aromatic N) is 3. The third-order valence-corrected chi connectivity index (χ3v) is 6.73. The minimum absolute atomic E-state index is 0.00638. The van der Waals surface area contributed by atoms with Crippen molar-refractivity contribution in [3.05, 3.63) is 53.1 Å². The summed E-state index contributed by atoms with van der Waals surface area (Å²) in [6, 6.07) is 2.45. The summed E-state index contributed by atoms with van der Waals surface area (Å²) < 4.78 is 40.7. The molecule has 2 aromatic rings. The van der Waals surface area contributed by atoms with Crippen LogP contribution >= 0.6 is 0 Å². The van der Waals surface area contributed by atoms with Gasteiger partial charge in [-0.05, 0) is 55.7 Å². The maximum absolute atomic E-state index is 14.0. The van der Waals surface area contributed by atoms with Crippen molar-refractivity contribution in [2.75, 3.05) is 5.73 Å². The standard InChI is InChI=1S/C23H26F3N5O2/c24-16-11-18(26)17(25)9-12(16)10-19(27)13-7-14-1-2-15(8-13)31(14)22(33)4-3-21(32)20-5-6-29-23(28)30-20/h5-6,9,11,13-15,19H,1-4,7-8,10,27H2,(H2,28,29,30)/t13?,14-,15+,19-/m1/s1. The molecule has 3 heterocycles. The van der Waals surface area contributed by atoms with E-state index in [1.807, 2.05) is 4.90 Å². The van der Waals surface area contributed by atoms with Crippen molar-refractivity contribution in [3.63, 3.8) is 0 Å². The first-order chi connectivity index (χ1) is 15.7. The summed E-state index contributed by atoms with van der Waals surface area (Å²) in [7, 11) is 0. The van der Waals surface area contributed by atoms with Crippen LogP contribution < -0.4 is 11.5 Å². The molecule has 1 amide bonds. The Balaban J connectivity index is 1.34. The van der Waals surface area contributed by atoms with Gasteiger partial charge in [0.15, 0.2) is 17.4 Å². The van der Waals surface area contributed by atoms with Crippen molar-refractivity contribution in [2.24, 2.45) is 11.7 Å². The van der Waals surface area contributed by atoms with Gasteiger partial charge in [-0.3, -0.25) is 9.59 Å². The van der Waals surface area contributed by atoms with Crippen LogP contribution in [0.15, 0.2) is 24.4 Å². The lowest BCUT2D eigenvalue weighted by Crippen LogP contribution is -2.50. The van der Waals surface area contributed by atoms with Gasteiger partial charge >= 0.3 is 0 Å². The van der Waals surface area contributed by atoms with Gasteiger partial charge in [0.2, 0.25) is 11.9 Å². The molecule has 2 aliphatic rings. The lowest BCUT2D eigenvalue weighted by molar-refractivity contribution is -0.136. The Morgan fingerprint density at radius 1 is 1.06 bits per heavy atom. The highest BCUT2D eigenvalue weighted by molar-refractivity contribution is 5.96. The summed E-state index contributed by atoms with van der Waals surface area (Å²) in [5, 5.41) is 0. The molecule has 2 aliphatic heterocycles. The number of carbonyl (C=O) groups is 2. The molecule has 0 spiro atoms. The zero-order valence-electron chi connectivity index (χ0n) is 18.0. The fraction of sp³-hybridized carbons (Fsp3) is 0.478. The van der Waals surface area contributed by atoms with Gasteiger partial charge in [-0.15, -0.1) is 0 Å². The first-order valence-corrected chi connectivity index (χ1v) is 11.0. The number of halogens is 3. The number of piperidine rings is 1. The molecule has 4 rings (SSSR count). The lowest BCUT2D eigenvalue weighted by atomic mass is 9.82. The fourth-order valence-corrected chi connectivity index (χ4v) is 5.12. The predicted octanol–water partition coefficient (Wildman–Crippen LogP) is 2.78. The second-order valence-corrected chi connectivity index (χ2v) is 8.87. The fourth-order valence-electron chi connectivity index (χ4n) is 5.12. The molecular weight excluding hydrogens is 435 g/mol. The van der Waals surface area contributed by atoms with Crippen LogP contribution in [0.4, 0.5) is 19.1 Å². The monoisotopic (exact) mass is 461 g/mol. The van der Waals surface area contributed by atoms with Crippen LogP contribution in [0, 0.1) is 23.4 Å². The summed E-state index contributed by atoms with van der Waals surface area (Å²) in [5.74, 6) is -3.45. The molecule has 10 heteroatoms. The van der Waals surface area contributed by atoms with Crippen molar-refractivity contribution >= 4 is 17.6 Å². The van der Waals surface area contributed by atoms with E-state index >= 15 is 0 Å². The van der Waals surface area contributed by atoms with Crippen LogP contribution in [0.1, 0.15) is 54.6 Å². The minimum atomic E-state index is -1.23. The summed E-state index contributed by atoms with van der Waals surface area (Å²) in [6.07, 6.45) is 4.60. The summed E-state index contributed by atoms with van der Waals surface area (Å²) in [5.41, 5.74) is 12.1. The topological polar surface area (TPSA) is 115 Å². The van der Waals surface area contributed by atoms with Gasteiger partial charge in [0, 0.05) is 43.2 Å². The largest absolute Gasteiger partial charge is 0.368 e. The van der Waals surface area contributed by atoms with E-state index in [9.17, 15) is 22.8 Å². The van der Waals surface area contributed by atoms with E-state index in [0.29, 0.717) is 18.9 Å². The summed E-state index contributed by atoms with van der Waals surface area (Å²) in [4.78, 5) is 34.7. The van der Waals surface area contributed by atoms with E-state index in [-0.39, 0.29) is 66.2 Å². The van der Waals surface area contributed by atoms with Crippen molar-refractivity contribution in [1.29, 1.82) is 0 Å². The van der Waals surface area contributed by atoms with E-state index in [2.05, 4.69) is 9.97 Å². The van der Waals surface area contributed by atoms with Gasteiger partial charge in [0.1, 0.15) is 11.5 Å². The van der Waals surface area contributed by atoms with Gasteiger partial charge in [0.05, 0.1) is 0 Å². The third-order valence-electron chi connectivity index (χ3n) is 6.73. The maximum atomic E-state index is 14.0. The molecule has 2 saturated heterocycles. The number of aromatic nitrogens is 2. The number of fused-ring (bicyclic) bond motifs is 2. The number of benzene rings is 1. The highest BCUT2D eigenvalue weighted by Gasteiger charge is 2.44. The second-order valence-electron chi connectivity index (χ2n) is 8.87. The number of nitrogens with two attached hydrogens (primary N) is 2. The van der Waals surface area contributed by atoms with Crippen molar-refractivity contribution in [2.45, 2.75) is 63.1 Å². The second kappa shape index (κ2) is 9.46. The molecule has 0 saturated carbocycles. The van der Waals surface area contributed by atoms with E-state index in [0.717, 1.165) is 18.9 Å². The van der Waals surface area contributed by atoms with Gasteiger partial charge in [-0.25, -0.2) is 23.1 Å². The van der Waals surface area contributed by atoms with Gasteiger partial charge in [-0.1, -0.05) is 0 Å². The van der Waals surface area contributed by atoms with E-state index in [1.165, 1.54) is 12.3 Å². The van der Waals surface area contributed by atoms with Crippen molar-refractivity contribution in [3.8, 4) is 0 Å². The number of carbonyl (C=O) groups excluding carboxylic acids is 2. The van der Waals surface area contributed by atoms with Crippen molar-refractivity contribution in [1.82, 2.24) is 14.9 Å². The average Bonchev–Trinajstić information content (AvgIpc) is 3.04. The first kappa shape index (κ1) is 23.2. The van der Waals surface area contributed by atoms with E-state index < -0.39 is 23.5 Å². The highest BCUT2D eigenvalue weighted by atomic mass is 19.2. The van der Waals surface area contributed by atoms with Gasteiger partial charge in [-0.2, -0.15) is 0 Å². The predicted molar refractivity (Wildman–Crippen MR) is 114 cm³/mol. The molecule has 2 bridgehead atoms. The maximum Gasteiger partial charge on any atom is 0.223 e. The number of hydrogen-bond donors (Lipinski definition) is 2. The Morgan fingerprint density at radius 2 is 1.73 bits per heavy atom.